The lowest BCUT2D eigenvalue weighted by atomic mass is 9.41. The summed E-state index contributed by atoms with van der Waals surface area (Å²) < 4.78 is 22.3. The Balaban J connectivity index is 1.02. The number of alkyl halides is 1. The summed E-state index contributed by atoms with van der Waals surface area (Å²) in [6.07, 6.45) is 13.2. The molecule has 7 aliphatic rings. The number of carbonyl (C=O) groups is 1. The largest absolute Gasteiger partial charge is 0.339 e. The molecule has 4 bridgehead atoms. The highest BCUT2D eigenvalue weighted by Crippen LogP contribution is 2.70. The molecule has 1 aromatic carbocycles. The second kappa shape index (κ2) is 8.26. The van der Waals surface area contributed by atoms with Crippen molar-refractivity contribution in [3.63, 3.8) is 0 Å². The molecule has 0 atom stereocenters. The molecule has 1 amide bonds. The summed E-state index contributed by atoms with van der Waals surface area (Å²) in [5.41, 5.74) is 2.91. The van der Waals surface area contributed by atoms with Gasteiger partial charge in [0.15, 0.2) is 11.5 Å². The normalized spacial score (nSPS) is 32.9. The minimum Gasteiger partial charge on any atom is -0.339 e. The summed E-state index contributed by atoms with van der Waals surface area (Å²) in [6, 6.07) is 10.2. The van der Waals surface area contributed by atoms with E-state index in [2.05, 4.69) is 21.3 Å². The van der Waals surface area contributed by atoms with E-state index < -0.39 is 11.1 Å². The number of hydrogen-bond donors (Lipinski definition) is 0. The van der Waals surface area contributed by atoms with Crippen molar-refractivity contribution in [1.82, 2.24) is 24.7 Å². The Morgan fingerprint density at radius 1 is 1.07 bits per heavy atom. The number of hydrogen-bond acceptors (Lipinski definition) is 6. The Labute approximate surface area is 243 Å². The van der Waals surface area contributed by atoms with Gasteiger partial charge >= 0.3 is 0 Å². The summed E-state index contributed by atoms with van der Waals surface area (Å²) in [6.45, 7) is 2.67. The van der Waals surface area contributed by atoms with Crippen LogP contribution in [0.3, 0.4) is 0 Å². The lowest BCUT2D eigenvalue weighted by Gasteiger charge is -2.65. The van der Waals surface area contributed by atoms with Crippen molar-refractivity contribution in [1.29, 1.82) is 0 Å². The van der Waals surface area contributed by atoms with E-state index in [1.54, 1.807) is 0 Å². The first-order valence-electron chi connectivity index (χ1n) is 15.5. The molecule has 216 valence electrons. The molecule has 42 heavy (non-hydrogen) atoms. The minimum absolute atomic E-state index is 0.0282. The van der Waals surface area contributed by atoms with Gasteiger partial charge in [0.05, 0.1) is 23.5 Å². The smallest absolute Gasteiger partial charge is 0.233 e. The van der Waals surface area contributed by atoms with E-state index in [9.17, 15) is 9.18 Å². The van der Waals surface area contributed by atoms with E-state index in [-0.39, 0.29) is 16.7 Å². The van der Waals surface area contributed by atoms with Crippen LogP contribution in [0, 0.1) is 17.8 Å². The maximum absolute atomic E-state index is 14.6. The zero-order chi connectivity index (χ0) is 28.3. The van der Waals surface area contributed by atoms with Gasteiger partial charge in [-0.2, -0.15) is 10.1 Å². The Bertz CT molecular complexity index is 1710. The van der Waals surface area contributed by atoms with Gasteiger partial charge in [-0.1, -0.05) is 17.3 Å². The Kier molecular flexibility index (Phi) is 4.90. The lowest BCUT2D eigenvalue weighted by molar-refractivity contribution is -0.211. The summed E-state index contributed by atoms with van der Waals surface area (Å²) in [5.74, 6) is 2.30. The fourth-order valence-corrected chi connectivity index (χ4v) is 8.57. The van der Waals surface area contributed by atoms with E-state index in [4.69, 9.17) is 9.51 Å². The van der Waals surface area contributed by atoms with Crippen molar-refractivity contribution in [3.05, 3.63) is 60.0 Å². The van der Waals surface area contributed by atoms with E-state index in [0.717, 1.165) is 78.4 Å². The highest BCUT2D eigenvalue weighted by Gasteiger charge is 2.73. The maximum Gasteiger partial charge on any atom is 0.233 e. The molecule has 7 saturated carbocycles. The first-order valence-corrected chi connectivity index (χ1v) is 15.5. The number of aromatic nitrogens is 5. The van der Waals surface area contributed by atoms with Gasteiger partial charge in [0.25, 0.3) is 0 Å². The Hall–Kier alpha value is -3.62. The molecule has 3 heterocycles. The number of imidazole rings is 1. The van der Waals surface area contributed by atoms with Crippen LogP contribution < -0.4 is 4.90 Å². The molecule has 0 N–H and O–H groups in total. The summed E-state index contributed by atoms with van der Waals surface area (Å²) >= 11 is 0. The predicted octanol–water partition coefficient (Wildman–Crippen LogP) is 6.48. The van der Waals surface area contributed by atoms with Gasteiger partial charge in [0, 0.05) is 29.1 Å². The molecule has 4 aromatic rings. The number of fused-ring (bicyclic) bond motifs is 4. The molecule has 7 aliphatic carbocycles. The topological polar surface area (TPSA) is 89.4 Å². The van der Waals surface area contributed by atoms with E-state index in [1.165, 1.54) is 12.8 Å². The van der Waals surface area contributed by atoms with Gasteiger partial charge < -0.3 is 9.42 Å². The van der Waals surface area contributed by atoms with Gasteiger partial charge in [0.2, 0.25) is 11.8 Å². The molecule has 0 saturated heterocycles. The number of benzene rings is 1. The fourth-order valence-electron chi connectivity index (χ4n) is 8.57. The first kappa shape index (κ1) is 24.9. The average Bonchev–Trinajstić information content (AvgIpc) is 3.54. The van der Waals surface area contributed by atoms with Crippen molar-refractivity contribution in [2.45, 2.75) is 94.6 Å². The van der Waals surface area contributed by atoms with Crippen LogP contribution in [-0.4, -0.2) is 42.9 Å². The van der Waals surface area contributed by atoms with Gasteiger partial charge in [-0.3, -0.25) is 4.79 Å². The van der Waals surface area contributed by atoms with E-state index in [0.29, 0.717) is 31.7 Å². The molecule has 0 spiro atoms. The number of nitrogens with zero attached hydrogens (tertiary/aromatic N) is 6. The zero-order valence-electron chi connectivity index (χ0n) is 24.0. The molecule has 3 aromatic heterocycles. The zero-order valence-corrected chi connectivity index (χ0v) is 24.0. The number of anilines is 1. The van der Waals surface area contributed by atoms with Gasteiger partial charge in [-0.25, -0.2) is 13.9 Å². The number of carbonyl (C=O) groups excluding carboxylic acids is 1. The number of rotatable bonds is 7. The fraction of sp³-hybridized carbons (Fsp3) is 0.545. The Morgan fingerprint density at radius 2 is 1.83 bits per heavy atom. The van der Waals surface area contributed by atoms with Crippen molar-refractivity contribution in [3.8, 4) is 11.3 Å². The number of amides is 1. The molecule has 9 heteroatoms. The van der Waals surface area contributed by atoms with Crippen molar-refractivity contribution < 1.29 is 13.7 Å². The van der Waals surface area contributed by atoms with Crippen molar-refractivity contribution in [2.24, 2.45) is 10.8 Å². The second-order valence-electron chi connectivity index (χ2n) is 14.4. The third kappa shape index (κ3) is 3.61. The second-order valence-corrected chi connectivity index (χ2v) is 14.4. The highest BCUT2D eigenvalue weighted by molar-refractivity contribution is 6.00. The van der Waals surface area contributed by atoms with Gasteiger partial charge in [0.1, 0.15) is 5.67 Å². The standard InChI is InChI=1S/C33H35FN6O2/c1-21-13-26-35-16-25(40(26)36-15-21)23-3-2-4-24(14-23)39(29(41)32-17-33(34,18-32)19-32)20-30-7-10-31(11-8-30,12-9-30)28-37-27(38-42-28)22-5-6-22/h2-4,13-16,22H,5-12,17-20H2,1H3. The van der Waals surface area contributed by atoms with Crippen LogP contribution in [0.2, 0.25) is 0 Å². The van der Waals surface area contributed by atoms with Crippen molar-refractivity contribution in [2.75, 3.05) is 11.4 Å². The van der Waals surface area contributed by atoms with Crippen LogP contribution >= 0.6 is 0 Å². The monoisotopic (exact) mass is 566 g/mol. The third-order valence-corrected chi connectivity index (χ3v) is 11.3. The van der Waals surface area contributed by atoms with Crippen molar-refractivity contribution >= 4 is 17.2 Å². The molecular formula is C33H35FN6O2. The average molecular weight is 567 g/mol. The van der Waals surface area contributed by atoms with Gasteiger partial charge in [-0.05, 0) is 107 Å². The molecule has 7 fully saturated rings. The summed E-state index contributed by atoms with van der Waals surface area (Å²) in [4.78, 5) is 25.7. The van der Waals surface area contributed by atoms with Crippen LogP contribution in [0.5, 0.6) is 0 Å². The molecular weight excluding hydrogens is 531 g/mol. The SMILES string of the molecule is Cc1cnn2c(-c3cccc(N(CC45CCC(c6nc(C7CC7)no6)(CC4)CC5)C(=O)C45CC(F)(C4)C5)c3)cnc2c1. The van der Waals surface area contributed by atoms with Crippen LogP contribution in [0.1, 0.15) is 93.8 Å². The van der Waals surface area contributed by atoms with E-state index in [1.807, 2.05) is 53.0 Å². The minimum atomic E-state index is -1.12. The van der Waals surface area contributed by atoms with Crippen LogP contribution in [0.4, 0.5) is 10.1 Å². The van der Waals surface area contributed by atoms with Crippen LogP contribution in [0.15, 0.2) is 47.2 Å². The number of halogens is 1. The lowest BCUT2D eigenvalue weighted by Crippen LogP contribution is -2.71. The predicted molar refractivity (Wildman–Crippen MR) is 154 cm³/mol. The van der Waals surface area contributed by atoms with Crippen LogP contribution in [-0.2, 0) is 10.2 Å². The van der Waals surface area contributed by atoms with Gasteiger partial charge in [-0.15, -0.1) is 0 Å². The maximum atomic E-state index is 14.6. The Morgan fingerprint density at radius 3 is 2.55 bits per heavy atom. The van der Waals surface area contributed by atoms with E-state index >= 15 is 0 Å². The quantitative estimate of drug-likeness (QED) is 0.254. The summed E-state index contributed by atoms with van der Waals surface area (Å²) in [7, 11) is 0. The molecule has 11 rings (SSSR count). The van der Waals surface area contributed by atoms with Crippen LogP contribution in [0.25, 0.3) is 16.9 Å². The first-order chi connectivity index (χ1) is 20.3. The molecule has 8 nitrogen and oxygen atoms in total. The molecule has 0 unspecified atom stereocenters. The molecule has 0 aliphatic heterocycles. The highest BCUT2D eigenvalue weighted by atomic mass is 19.1. The summed E-state index contributed by atoms with van der Waals surface area (Å²) in [5, 5.41) is 8.90. The number of aryl methyl sites for hydroxylation is 1. The third-order valence-electron chi connectivity index (χ3n) is 11.3. The molecule has 0 radical (unpaired) electrons.